The van der Waals surface area contributed by atoms with E-state index in [2.05, 4.69) is 0 Å². The lowest BCUT2D eigenvalue weighted by atomic mass is 10.1. The van der Waals surface area contributed by atoms with Crippen LogP contribution in [0.3, 0.4) is 0 Å². The molecule has 0 radical (unpaired) electrons. The molecule has 0 aliphatic heterocycles. The van der Waals surface area contributed by atoms with Crippen LogP contribution in [0.4, 0.5) is 4.39 Å². The van der Waals surface area contributed by atoms with Gasteiger partial charge in [-0.25, -0.2) is 4.39 Å². The maximum atomic E-state index is 13.3. The van der Waals surface area contributed by atoms with Crippen molar-refractivity contribution in [3.63, 3.8) is 0 Å². The summed E-state index contributed by atoms with van der Waals surface area (Å²) in [4.78, 5) is -0.170. The second-order valence-electron chi connectivity index (χ2n) is 4.83. The SMILES string of the molecule is COCCc1ccc(OS(=O)(=O)c2cc(F)ccc2C)cc1. The van der Waals surface area contributed by atoms with Crippen LogP contribution in [-0.2, 0) is 21.3 Å². The van der Waals surface area contributed by atoms with E-state index in [1.807, 2.05) is 0 Å². The third-order valence-electron chi connectivity index (χ3n) is 3.14. The molecule has 2 aromatic carbocycles. The Labute approximate surface area is 129 Å². The van der Waals surface area contributed by atoms with Gasteiger partial charge in [-0.2, -0.15) is 8.42 Å². The van der Waals surface area contributed by atoms with Crippen molar-refractivity contribution in [2.75, 3.05) is 13.7 Å². The van der Waals surface area contributed by atoms with Gasteiger partial charge >= 0.3 is 10.1 Å². The molecule has 0 aliphatic carbocycles. The van der Waals surface area contributed by atoms with Gasteiger partial charge in [-0.3, -0.25) is 0 Å². The van der Waals surface area contributed by atoms with Crippen LogP contribution in [0.15, 0.2) is 47.4 Å². The second kappa shape index (κ2) is 6.89. The molecule has 0 unspecified atom stereocenters. The number of halogens is 1. The van der Waals surface area contributed by atoms with Crippen LogP contribution in [0.2, 0.25) is 0 Å². The Morgan fingerprint density at radius 2 is 1.77 bits per heavy atom. The van der Waals surface area contributed by atoms with Crippen LogP contribution < -0.4 is 4.18 Å². The number of benzene rings is 2. The highest BCUT2D eigenvalue weighted by molar-refractivity contribution is 7.87. The van der Waals surface area contributed by atoms with Gasteiger partial charge in [0.1, 0.15) is 16.5 Å². The molecule has 0 spiro atoms. The van der Waals surface area contributed by atoms with Gasteiger partial charge in [-0.15, -0.1) is 0 Å². The van der Waals surface area contributed by atoms with Crippen LogP contribution >= 0.6 is 0 Å². The van der Waals surface area contributed by atoms with Crippen molar-refractivity contribution in [3.05, 3.63) is 59.4 Å². The minimum absolute atomic E-state index is 0.170. The normalized spacial score (nSPS) is 11.4. The molecule has 0 aliphatic rings. The molecular weight excluding hydrogens is 307 g/mol. The molecule has 0 aromatic heterocycles. The quantitative estimate of drug-likeness (QED) is 0.766. The van der Waals surface area contributed by atoms with Gasteiger partial charge < -0.3 is 8.92 Å². The van der Waals surface area contributed by atoms with E-state index < -0.39 is 15.9 Å². The largest absolute Gasteiger partial charge is 0.384 e. The first-order valence-electron chi connectivity index (χ1n) is 6.71. The number of hydrogen-bond donors (Lipinski definition) is 0. The van der Waals surface area contributed by atoms with Gasteiger partial charge in [0.05, 0.1) is 6.61 Å². The summed E-state index contributed by atoms with van der Waals surface area (Å²) in [6, 6.07) is 10.2. The molecule has 0 N–H and O–H groups in total. The Morgan fingerprint density at radius 3 is 2.41 bits per heavy atom. The Kier molecular flexibility index (Phi) is 5.15. The van der Waals surface area contributed by atoms with Gasteiger partial charge in [0.15, 0.2) is 0 Å². The van der Waals surface area contributed by atoms with Crippen LogP contribution in [-0.4, -0.2) is 22.1 Å². The lowest BCUT2D eigenvalue weighted by molar-refractivity contribution is 0.202. The van der Waals surface area contributed by atoms with Gasteiger partial charge in [-0.1, -0.05) is 18.2 Å². The van der Waals surface area contributed by atoms with Crippen LogP contribution in [0, 0.1) is 12.7 Å². The molecule has 0 saturated heterocycles. The van der Waals surface area contributed by atoms with E-state index in [0.29, 0.717) is 12.2 Å². The highest BCUT2D eigenvalue weighted by atomic mass is 32.2. The molecule has 0 saturated carbocycles. The zero-order valence-corrected chi connectivity index (χ0v) is 13.2. The van der Waals surface area contributed by atoms with E-state index in [1.165, 1.54) is 12.1 Å². The molecule has 0 amide bonds. The molecule has 0 bridgehead atoms. The lowest BCUT2D eigenvalue weighted by Crippen LogP contribution is -2.11. The number of hydrogen-bond acceptors (Lipinski definition) is 4. The Morgan fingerprint density at radius 1 is 1.09 bits per heavy atom. The summed E-state index contributed by atoms with van der Waals surface area (Å²) in [6.07, 6.45) is 0.729. The van der Waals surface area contributed by atoms with Gasteiger partial charge in [0.2, 0.25) is 0 Å². The Balaban J connectivity index is 2.20. The monoisotopic (exact) mass is 324 g/mol. The minimum atomic E-state index is -4.06. The summed E-state index contributed by atoms with van der Waals surface area (Å²) in [7, 11) is -2.44. The summed E-state index contributed by atoms with van der Waals surface area (Å²) in [5, 5.41) is 0. The van der Waals surface area contributed by atoms with E-state index >= 15 is 0 Å². The van der Waals surface area contributed by atoms with Crippen LogP contribution in [0.5, 0.6) is 5.75 Å². The fraction of sp³-hybridized carbons (Fsp3) is 0.250. The Bertz CT molecular complexity index is 739. The lowest BCUT2D eigenvalue weighted by Gasteiger charge is -2.10. The third kappa shape index (κ3) is 4.05. The molecule has 118 valence electrons. The predicted octanol–water partition coefficient (Wildman–Crippen LogP) is 3.09. The van der Waals surface area contributed by atoms with Crippen molar-refractivity contribution >= 4 is 10.1 Å². The fourth-order valence-corrected chi connectivity index (χ4v) is 3.12. The first-order valence-corrected chi connectivity index (χ1v) is 8.12. The van der Waals surface area contributed by atoms with Crippen molar-refractivity contribution in [1.82, 2.24) is 0 Å². The third-order valence-corrected chi connectivity index (χ3v) is 4.53. The first-order chi connectivity index (χ1) is 10.4. The zero-order chi connectivity index (χ0) is 16.2. The standard InChI is InChI=1S/C16H17FO4S/c1-12-3-6-14(17)11-16(12)22(18,19)21-15-7-4-13(5-8-15)9-10-20-2/h3-8,11H,9-10H2,1-2H3. The summed E-state index contributed by atoms with van der Waals surface area (Å²) in [5.41, 5.74) is 1.44. The van der Waals surface area contributed by atoms with E-state index in [-0.39, 0.29) is 10.6 Å². The van der Waals surface area contributed by atoms with Gasteiger partial charge in [-0.05, 0) is 48.7 Å². The molecule has 22 heavy (non-hydrogen) atoms. The second-order valence-corrected chi connectivity index (χ2v) is 6.35. The van der Waals surface area contributed by atoms with Crippen LogP contribution in [0.1, 0.15) is 11.1 Å². The van der Waals surface area contributed by atoms with Crippen LogP contribution in [0.25, 0.3) is 0 Å². The number of aryl methyl sites for hydroxylation is 1. The number of methoxy groups -OCH3 is 1. The van der Waals surface area contributed by atoms with E-state index in [1.54, 1.807) is 38.3 Å². The predicted molar refractivity (Wildman–Crippen MR) is 81.0 cm³/mol. The summed E-state index contributed by atoms with van der Waals surface area (Å²) in [5.74, 6) is -0.437. The zero-order valence-electron chi connectivity index (χ0n) is 12.4. The average molecular weight is 324 g/mol. The number of rotatable bonds is 6. The maximum Gasteiger partial charge on any atom is 0.339 e. The molecule has 6 heteroatoms. The molecule has 0 fully saturated rings. The van der Waals surface area contributed by atoms with Gasteiger partial charge in [0, 0.05) is 7.11 Å². The van der Waals surface area contributed by atoms with Gasteiger partial charge in [0.25, 0.3) is 0 Å². The van der Waals surface area contributed by atoms with E-state index in [4.69, 9.17) is 8.92 Å². The van der Waals surface area contributed by atoms with Crippen molar-refractivity contribution < 1.29 is 21.7 Å². The first kappa shape index (κ1) is 16.5. The smallest absolute Gasteiger partial charge is 0.339 e. The van der Waals surface area contributed by atoms with Crippen molar-refractivity contribution in [2.45, 2.75) is 18.2 Å². The van der Waals surface area contributed by atoms with Crippen molar-refractivity contribution in [3.8, 4) is 5.75 Å². The number of ether oxygens (including phenoxy) is 1. The highest BCUT2D eigenvalue weighted by Gasteiger charge is 2.20. The molecule has 4 nitrogen and oxygen atoms in total. The van der Waals surface area contributed by atoms with E-state index in [9.17, 15) is 12.8 Å². The minimum Gasteiger partial charge on any atom is -0.384 e. The highest BCUT2D eigenvalue weighted by Crippen LogP contribution is 2.22. The molecule has 2 aromatic rings. The van der Waals surface area contributed by atoms with Crippen molar-refractivity contribution in [2.24, 2.45) is 0 Å². The molecule has 0 heterocycles. The van der Waals surface area contributed by atoms with E-state index in [0.717, 1.165) is 18.1 Å². The fourth-order valence-electron chi connectivity index (χ4n) is 1.95. The topological polar surface area (TPSA) is 52.6 Å². The summed E-state index contributed by atoms with van der Waals surface area (Å²) in [6.45, 7) is 2.17. The summed E-state index contributed by atoms with van der Waals surface area (Å²) < 4.78 is 47.7. The molecule has 2 rings (SSSR count). The Hall–Kier alpha value is -1.92. The summed E-state index contributed by atoms with van der Waals surface area (Å²) >= 11 is 0. The average Bonchev–Trinajstić information content (AvgIpc) is 2.48. The molecule has 0 atom stereocenters. The molecular formula is C16H17FO4S. The van der Waals surface area contributed by atoms with Crippen molar-refractivity contribution in [1.29, 1.82) is 0 Å². The maximum absolute atomic E-state index is 13.3.